The van der Waals surface area contributed by atoms with E-state index in [4.69, 9.17) is 0 Å². The Balaban J connectivity index is 1.92. The average Bonchev–Trinajstić information content (AvgIpc) is 3.00. The molecule has 1 amide bonds. The fraction of sp³-hybridized carbons (Fsp3) is 0.304. The molecule has 6 heteroatoms. The standard InChI is InChI=1S/C23H25FN2O2S/c1-4-16(2)25(14-18-8-6-5-7-9-18)21(27)15-26-22(17(3)29-23(26)28)19-10-12-20(24)13-11-19/h5-13,16H,4,14-15H2,1-3H3/t16-/m1/s1. The Labute approximate surface area is 174 Å². The van der Waals surface area contributed by atoms with Crippen LogP contribution in [0.4, 0.5) is 4.39 Å². The van der Waals surface area contributed by atoms with Crippen LogP contribution in [-0.4, -0.2) is 21.4 Å². The molecule has 1 atom stereocenters. The van der Waals surface area contributed by atoms with Crippen LogP contribution < -0.4 is 4.87 Å². The van der Waals surface area contributed by atoms with Gasteiger partial charge < -0.3 is 4.90 Å². The van der Waals surface area contributed by atoms with Crippen molar-refractivity contribution in [1.29, 1.82) is 0 Å². The summed E-state index contributed by atoms with van der Waals surface area (Å²) in [4.78, 5) is 28.3. The predicted octanol–water partition coefficient (Wildman–Crippen LogP) is 4.85. The summed E-state index contributed by atoms with van der Waals surface area (Å²) in [6.45, 7) is 6.37. The molecule has 0 aliphatic carbocycles. The van der Waals surface area contributed by atoms with Crippen LogP contribution >= 0.6 is 11.3 Å². The molecular formula is C23H25FN2O2S. The molecule has 0 aliphatic heterocycles. The first-order valence-corrected chi connectivity index (χ1v) is 10.5. The van der Waals surface area contributed by atoms with E-state index in [0.717, 1.165) is 33.8 Å². The van der Waals surface area contributed by atoms with E-state index in [1.165, 1.54) is 16.7 Å². The smallest absolute Gasteiger partial charge is 0.308 e. The fourth-order valence-electron chi connectivity index (χ4n) is 3.34. The Morgan fingerprint density at radius 1 is 1.14 bits per heavy atom. The van der Waals surface area contributed by atoms with Gasteiger partial charge in [0.2, 0.25) is 5.91 Å². The number of nitrogens with zero attached hydrogens (tertiary/aromatic N) is 2. The lowest BCUT2D eigenvalue weighted by molar-refractivity contribution is -0.134. The topological polar surface area (TPSA) is 42.3 Å². The molecule has 0 N–H and O–H groups in total. The summed E-state index contributed by atoms with van der Waals surface area (Å²) in [7, 11) is 0. The first-order valence-electron chi connectivity index (χ1n) is 9.70. The van der Waals surface area contributed by atoms with E-state index in [2.05, 4.69) is 0 Å². The predicted molar refractivity (Wildman–Crippen MR) is 115 cm³/mol. The molecule has 152 valence electrons. The molecule has 0 bridgehead atoms. The van der Waals surface area contributed by atoms with Gasteiger partial charge >= 0.3 is 4.87 Å². The van der Waals surface area contributed by atoms with Gasteiger partial charge in [-0.3, -0.25) is 14.2 Å². The summed E-state index contributed by atoms with van der Waals surface area (Å²) in [6, 6.07) is 15.9. The number of thiazole rings is 1. The van der Waals surface area contributed by atoms with Crippen LogP contribution in [0.5, 0.6) is 0 Å². The second-order valence-electron chi connectivity index (χ2n) is 7.13. The SMILES string of the molecule is CC[C@@H](C)N(Cc1ccccc1)C(=O)Cn1c(-c2ccc(F)cc2)c(C)sc1=O. The van der Waals surface area contributed by atoms with E-state index in [0.29, 0.717) is 12.2 Å². The quantitative estimate of drug-likeness (QED) is 0.557. The number of rotatable bonds is 7. The van der Waals surface area contributed by atoms with Gasteiger partial charge in [0, 0.05) is 17.5 Å². The van der Waals surface area contributed by atoms with Crippen molar-refractivity contribution >= 4 is 17.2 Å². The Hall–Kier alpha value is -2.73. The first kappa shape index (κ1) is 21.0. The summed E-state index contributed by atoms with van der Waals surface area (Å²) < 4.78 is 14.8. The third kappa shape index (κ3) is 4.82. The minimum atomic E-state index is -0.336. The largest absolute Gasteiger partial charge is 0.334 e. The number of halogens is 1. The van der Waals surface area contributed by atoms with Crippen LogP contribution in [0.1, 0.15) is 30.7 Å². The highest BCUT2D eigenvalue weighted by Gasteiger charge is 2.23. The van der Waals surface area contributed by atoms with Gasteiger partial charge in [-0.2, -0.15) is 0 Å². The summed E-state index contributed by atoms with van der Waals surface area (Å²) in [5.74, 6) is -0.441. The van der Waals surface area contributed by atoms with Crippen LogP contribution in [0, 0.1) is 12.7 Å². The Morgan fingerprint density at radius 2 is 1.79 bits per heavy atom. The van der Waals surface area contributed by atoms with Crippen molar-refractivity contribution in [3.63, 3.8) is 0 Å². The third-order valence-corrected chi connectivity index (χ3v) is 6.01. The van der Waals surface area contributed by atoms with Crippen LogP contribution in [0.25, 0.3) is 11.3 Å². The molecule has 1 heterocycles. The van der Waals surface area contributed by atoms with Crippen molar-refractivity contribution in [2.45, 2.75) is 46.3 Å². The zero-order valence-corrected chi connectivity index (χ0v) is 17.7. The minimum absolute atomic E-state index is 0.0347. The molecule has 29 heavy (non-hydrogen) atoms. The number of aromatic nitrogens is 1. The lowest BCUT2D eigenvalue weighted by Crippen LogP contribution is -2.41. The Morgan fingerprint density at radius 3 is 2.41 bits per heavy atom. The first-order chi connectivity index (χ1) is 13.9. The molecule has 0 spiro atoms. The molecule has 0 aliphatic rings. The van der Waals surface area contributed by atoms with Gasteiger partial charge in [0.25, 0.3) is 0 Å². The van der Waals surface area contributed by atoms with Crippen molar-refractivity contribution < 1.29 is 9.18 Å². The lowest BCUT2D eigenvalue weighted by Gasteiger charge is -2.29. The number of hydrogen-bond donors (Lipinski definition) is 0. The summed E-state index contributed by atoms with van der Waals surface area (Å²) in [5.41, 5.74) is 2.46. The molecule has 0 saturated carbocycles. The monoisotopic (exact) mass is 412 g/mol. The average molecular weight is 413 g/mol. The zero-order valence-electron chi connectivity index (χ0n) is 16.9. The van der Waals surface area contributed by atoms with Gasteiger partial charge in [0.15, 0.2) is 0 Å². The van der Waals surface area contributed by atoms with Crippen LogP contribution in [0.2, 0.25) is 0 Å². The van der Waals surface area contributed by atoms with Gasteiger partial charge in [-0.05, 0) is 55.7 Å². The maximum atomic E-state index is 13.3. The van der Waals surface area contributed by atoms with E-state index >= 15 is 0 Å². The summed E-state index contributed by atoms with van der Waals surface area (Å²) >= 11 is 1.11. The molecule has 1 aromatic heterocycles. The molecule has 0 fully saturated rings. The van der Waals surface area contributed by atoms with Crippen molar-refractivity contribution in [3.8, 4) is 11.3 Å². The molecule has 0 unspecified atom stereocenters. The van der Waals surface area contributed by atoms with E-state index in [9.17, 15) is 14.0 Å². The Kier molecular flexibility index (Phi) is 6.64. The van der Waals surface area contributed by atoms with Crippen LogP contribution in [-0.2, 0) is 17.9 Å². The van der Waals surface area contributed by atoms with Crippen molar-refractivity contribution in [3.05, 3.63) is 80.5 Å². The van der Waals surface area contributed by atoms with Gasteiger partial charge in [-0.25, -0.2) is 4.39 Å². The number of carbonyl (C=O) groups is 1. The second kappa shape index (κ2) is 9.18. The second-order valence-corrected chi connectivity index (χ2v) is 8.30. The van der Waals surface area contributed by atoms with Crippen molar-refractivity contribution in [2.24, 2.45) is 0 Å². The summed E-state index contributed by atoms with van der Waals surface area (Å²) in [6.07, 6.45) is 0.820. The Bertz CT molecular complexity index is 1030. The van der Waals surface area contributed by atoms with Crippen molar-refractivity contribution in [2.75, 3.05) is 0 Å². The van der Waals surface area contributed by atoms with E-state index in [1.54, 1.807) is 12.1 Å². The van der Waals surface area contributed by atoms with Crippen LogP contribution in [0.3, 0.4) is 0 Å². The molecule has 3 rings (SSSR count). The highest BCUT2D eigenvalue weighted by molar-refractivity contribution is 7.09. The number of benzene rings is 2. The van der Waals surface area contributed by atoms with Gasteiger partial charge in [-0.15, -0.1) is 0 Å². The zero-order chi connectivity index (χ0) is 21.0. The highest BCUT2D eigenvalue weighted by Crippen LogP contribution is 2.26. The normalized spacial score (nSPS) is 12.0. The number of carbonyl (C=O) groups excluding carboxylic acids is 1. The molecule has 4 nitrogen and oxygen atoms in total. The van der Waals surface area contributed by atoms with Crippen molar-refractivity contribution in [1.82, 2.24) is 9.47 Å². The maximum Gasteiger partial charge on any atom is 0.308 e. The third-order valence-electron chi connectivity index (χ3n) is 5.11. The summed E-state index contributed by atoms with van der Waals surface area (Å²) in [5, 5.41) is 0. The number of hydrogen-bond acceptors (Lipinski definition) is 3. The van der Waals surface area contributed by atoms with Gasteiger partial charge in [0.05, 0.1) is 5.69 Å². The van der Waals surface area contributed by atoms with Gasteiger partial charge in [-0.1, -0.05) is 48.6 Å². The lowest BCUT2D eigenvalue weighted by atomic mass is 10.1. The number of aryl methyl sites for hydroxylation is 1. The molecule has 2 aromatic carbocycles. The molecule has 0 saturated heterocycles. The fourth-order valence-corrected chi connectivity index (χ4v) is 4.20. The molecule has 3 aromatic rings. The van der Waals surface area contributed by atoms with E-state index in [1.807, 2.05) is 56.0 Å². The molecular weight excluding hydrogens is 387 g/mol. The minimum Gasteiger partial charge on any atom is -0.334 e. The van der Waals surface area contributed by atoms with Crippen LogP contribution in [0.15, 0.2) is 59.4 Å². The van der Waals surface area contributed by atoms with E-state index in [-0.39, 0.29) is 29.2 Å². The highest BCUT2D eigenvalue weighted by atomic mass is 32.1. The maximum absolute atomic E-state index is 13.3. The van der Waals surface area contributed by atoms with Gasteiger partial charge in [0.1, 0.15) is 12.4 Å². The molecule has 0 radical (unpaired) electrons. The number of amides is 1. The van der Waals surface area contributed by atoms with E-state index < -0.39 is 0 Å².